The minimum Gasteiger partial charge on any atom is -0.486 e. The first kappa shape index (κ1) is 16.6. The summed E-state index contributed by atoms with van der Waals surface area (Å²) in [5, 5.41) is 4.66. The molecule has 2 aromatic heterocycles. The number of carbonyl (C=O) groups is 1. The number of furan rings is 1. The number of aryl methyl sites for hydroxylation is 1. The SMILES string of the molecule is Cc1ccc2cc3cc(C(=O)NCC4COc5ccccc5O4)oc3nc2c1. The third-order valence-corrected chi connectivity index (χ3v) is 4.74. The first-order valence-electron chi connectivity index (χ1n) is 9.13. The third kappa shape index (κ3) is 3.03. The van der Waals surface area contributed by atoms with Crippen molar-refractivity contribution in [2.45, 2.75) is 13.0 Å². The first-order chi connectivity index (χ1) is 13.7. The van der Waals surface area contributed by atoms with Gasteiger partial charge < -0.3 is 19.2 Å². The van der Waals surface area contributed by atoms with Crippen LogP contribution in [0.2, 0.25) is 0 Å². The number of ether oxygens (including phenoxy) is 2. The van der Waals surface area contributed by atoms with Crippen molar-refractivity contribution in [1.82, 2.24) is 10.3 Å². The van der Waals surface area contributed by atoms with E-state index in [4.69, 9.17) is 13.9 Å². The van der Waals surface area contributed by atoms with Gasteiger partial charge in [0.15, 0.2) is 17.3 Å². The molecular formula is C22H18N2O4. The molecule has 6 heteroatoms. The number of nitrogens with zero attached hydrogens (tertiary/aromatic N) is 1. The molecule has 1 aliphatic heterocycles. The maximum absolute atomic E-state index is 12.5. The van der Waals surface area contributed by atoms with Crippen LogP contribution in [-0.2, 0) is 0 Å². The molecular weight excluding hydrogens is 356 g/mol. The van der Waals surface area contributed by atoms with Crippen molar-refractivity contribution in [2.75, 3.05) is 13.2 Å². The number of carbonyl (C=O) groups excluding carboxylic acids is 1. The highest BCUT2D eigenvalue weighted by Crippen LogP contribution is 2.30. The monoisotopic (exact) mass is 374 g/mol. The Morgan fingerprint density at radius 3 is 2.86 bits per heavy atom. The number of benzene rings is 2. The van der Waals surface area contributed by atoms with Crippen LogP contribution in [0.3, 0.4) is 0 Å². The van der Waals surface area contributed by atoms with Crippen LogP contribution < -0.4 is 14.8 Å². The van der Waals surface area contributed by atoms with Crippen LogP contribution in [0, 0.1) is 6.92 Å². The van der Waals surface area contributed by atoms with E-state index < -0.39 is 0 Å². The van der Waals surface area contributed by atoms with Crippen LogP contribution >= 0.6 is 0 Å². The van der Waals surface area contributed by atoms with Crippen molar-refractivity contribution in [3.05, 3.63) is 65.9 Å². The molecule has 0 saturated heterocycles. The van der Waals surface area contributed by atoms with E-state index in [-0.39, 0.29) is 17.8 Å². The van der Waals surface area contributed by atoms with Crippen molar-refractivity contribution in [3.63, 3.8) is 0 Å². The normalized spacial score (nSPS) is 15.7. The van der Waals surface area contributed by atoms with Crippen molar-refractivity contribution in [1.29, 1.82) is 0 Å². The van der Waals surface area contributed by atoms with E-state index in [1.54, 1.807) is 6.07 Å². The summed E-state index contributed by atoms with van der Waals surface area (Å²) in [5.74, 6) is 1.33. The van der Waals surface area contributed by atoms with E-state index in [2.05, 4.69) is 10.3 Å². The fourth-order valence-electron chi connectivity index (χ4n) is 3.31. The molecule has 1 amide bonds. The van der Waals surface area contributed by atoms with Crippen LogP contribution in [0.1, 0.15) is 16.1 Å². The molecule has 0 radical (unpaired) electrons. The van der Waals surface area contributed by atoms with Crippen molar-refractivity contribution >= 4 is 27.9 Å². The van der Waals surface area contributed by atoms with Crippen molar-refractivity contribution < 1.29 is 18.7 Å². The maximum atomic E-state index is 12.5. The predicted molar refractivity (Wildman–Crippen MR) is 105 cm³/mol. The second kappa shape index (κ2) is 6.56. The number of para-hydroxylation sites is 2. The Balaban J connectivity index is 1.31. The van der Waals surface area contributed by atoms with Gasteiger partial charge in [-0.3, -0.25) is 4.79 Å². The molecule has 6 nitrogen and oxygen atoms in total. The summed E-state index contributed by atoms with van der Waals surface area (Å²) >= 11 is 0. The molecule has 1 unspecified atom stereocenters. The predicted octanol–water partition coefficient (Wildman–Crippen LogP) is 3.86. The Kier molecular flexibility index (Phi) is 3.90. The number of aromatic nitrogens is 1. The average molecular weight is 374 g/mol. The van der Waals surface area contributed by atoms with Crippen LogP contribution in [0.4, 0.5) is 0 Å². The summed E-state index contributed by atoms with van der Waals surface area (Å²) in [6.07, 6.45) is -0.257. The highest BCUT2D eigenvalue weighted by atomic mass is 16.6. The lowest BCUT2D eigenvalue weighted by atomic mass is 10.1. The van der Waals surface area contributed by atoms with E-state index in [1.165, 1.54) is 0 Å². The third-order valence-electron chi connectivity index (χ3n) is 4.74. The standard InChI is InChI=1S/C22H18N2O4/c1-13-6-7-14-9-15-10-20(28-22(15)24-17(14)8-13)21(25)23-11-16-12-26-18-4-2-3-5-19(18)27-16/h2-10,16H,11-12H2,1H3,(H,23,25). The number of nitrogens with one attached hydrogen (secondary N) is 1. The van der Waals surface area contributed by atoms with Gasteiger partial charge in [0.05, 0.1) is 12.1 Å². The molecule has 0 bridgehead atoms. The molecule has 3 heterocycles. The molecule has 0 saturated carbocycles. The average Bonchev–Trinajstić information content (AvgIpc) is 3.13. The second-order valence-corrected chi connectivity index (χ2v) is 6.90. The van der Waals surface area contributed by atoms with E-state index in [0.29, 0.717) is 24.6 Å². The number of rotatable bonds is 3. The minimum absolute atomic E-state index is 0.228. The Bertz CT molecular complexity index is 1200. The van der Waals surface area contributed by atoms with E-state index in [9.17, 15) is 4.79 Å². The van der Waals surface area contributed by atoms with Gasteiger partial charge in [-0.15, -0.1) is 0 Å². The van der Waals surface area contributed by atoms with Crippen LogP contribution in [-0.4, -0.2) is 30.1 Å². The molecule has 0 spiro atoms. The summed E-state index contributed by atoms with van der Waals surface area (Å²) in [4.78, 5) is 17.0. The summed E-state index contributed by atoms with van der Waals surface area (Å²) in [7, 11) is 0. The zero-order valence-corrected chi connectivity index (χ0v) is 15.3. The van der Waals surface area contributed by atoms with Crippen LogP contribution in [0.5, 0.6) is 11.5 Å². The minimum atomic E-state index is -0.305. The van der Waals surface area contributed by atoms with Crippen molar-refractivity contribution in [3.8, 4) is 11.5 Å². The number of hydrogen-bond donors (Lipinski definition) is 1. The van der Waals surface area contributed by atoms with Crippen LogP contribution in [0.15, 0.2) is 59.0 Å². The lowest BCUT2D eigenvalue weighted by Gasteiger charge is -2.26. The van der Waals surface area contributed by atoms with E-state index in [1.807, 2.05) is 55.5 Å². The molecule has 0 fully saturated rings. The lowest BCUT2D eigenvalue weighted by Crippen LogP contribution is -2.40. The first-order valence-corrected chi connectivity index (χ1v) is 9.13. The summed E-state index contributed by atoms with van der Waals surface area (Å²) < 4.78 is 17.2. The van der Waals surface area contributed by atoms with Gasteiger partial charge in [0.25, 0.3) is 5.91 Å². The summed E-state index contributed by atoms with van der Waals surface area (Å²) in [6.45, 7) is 2.71. The quantitative estimate of drug-likeness (QED) is 0.589. The molecule has 1 atom stereocenters. The smallest absolute Gasteiger partial charge is 0.287 e. The summed E-state index contributed by atoms with van der Waals surface area (Å²) in [6, 6.07) is 17.2. The van der Waals surface area contributed by atoms with Gasteiger partial charge in [0.1, 0.15) is 12.7 Å². The molecule has 4 aromatic rings. The zero-order valence-electron chi connectivity index (χ0n) is 15.3. The Labute approximate surface area is 161 Å². The van der Waals surface area contributed by atoms with Gasteiger partial charge in [-0.05, 0) is 42.8 Å². The molecule has 28 heavy (non-hydrogen) atoms. The zero-order chi connectivity index (χ0) is 19.1. The lowest BCUT2D eigenvalue weighted by molar-refractivity contribution is 0.0774. The van der Waals surface area contributed by atoms with Gasteiger partial charge >= 0.3 is 0 Å². The Morgan fingerprint density at radius 1 is 1.11 bits per heavy atom. The highest BCUT2D eigenvalue weighted by Gasteiger charge is 2.22. The Hall–Kier alpha value is -3.54. The van der Waals surface area contributed by atoms with Crippen molar-refractivity contribution in [2.24, 2.45) is 0 Å². The van der Waals surface area contributed by atoms with Crippen LogP contribution in [0.25, 0.3) is 22.0 Å². The fraction of sp³-hybridized carbons (Fsp3) is 0.182. The Morgan fingerprint density at radius 2 is 1.96 bits per heavy atom. The second-order valence-electron chi connectivity index (χ2n) is 6.90. The molecule has 2 aromatic carbocycles. The fourth-order valence-corrected chi connectivity index (χ4v) is 3.31. The largest absolute Gasteiger partial charge is 0.486 e. The number of pyridine rings is 1. The maximum Gasteiger partial charge on any atom is 0.287 e. The molecule has 5 rings (SSSR count). The molecule has 0 aliphatic carbocycles. The van der Waals surface area contributed by atoms with Gasteiger partial charge in [-0.25, -0.2) is 4.98 Å². The van der Waals surface area contributed by atoms with Gasteiger partial charge in [0, 0.05) is 10.8 Å². The number of hydrogen-bond acceptors (Lipinski definition) is 5. The van der Waals surface area contributed by atoms with E-state index >= 15 is 0 Å². The number of amides is 1. The number of fused-ring (bicyclic) bond motifs is 3. The molecule has 1 N–H and O–H groups in total. The van der Waals surface area contributed by atoms with Gasteiger partial charge in [-0.1, -0.05) is 24.3 Å². The molecule has 1 aliphatic rings. The van der Waals surface area contributed by atoms with Gasteiger partial charge in [0.2, 0.25) is 5.71 Å². The van der Waals surface area contributed by atoms with E-state index in [0.717, 1.165) is 27.6 Å². The highest BCUT2D eigenvalue weighted by molar-refractivity contribution is 5.98. The van der Waals surface area contributed by atoms with Gasteiger partial charge in [-0.2, -0.15) is 0 Å². The topological polar surface area (TPSA) is 73.6 Å². The summed E-state index contributed by atoms with van der Waals surface area (Å²) in [5.41, 5.74) is 2.43. The molecule has 140 valence electrons.